The molecule has 0 aromatic heterocycles. The molecular formula is C8H14N2O3. The first-order valence-electron chi connectivity index (χ1n) is 4.06. The SMILES string of the molecule is C[C@@H](C=O)NC(=O)C(N)CCC=O. The maximum atomic E-state index is 11.1. The Hall–Kier alpha value is -1.23. The molecular weight excluding hydrogens is 172 g/mol. The van der Waals surface area contributed by atoms with Gasteiger partial charge in [-0.1, -0.05) is 0 Å². The monoisotopic (exact) mass is 186 g/mol. The second kappa shape index (κ2) is 6.30. The van der Waals surface area contributed by atoms with Gasteiger partial charge in [-0.25, -0.2) is 0 Å². The highest BCUT2D eigenvalue weighted by Crippen LogP contribution is 1.92. The van der Waals surface area contributed by atoms with Crippen molar-refractivity contribution in [2.24, 2.45) is 5.73 Å². The minimum Gasteiger partial charge on any atom is -0.346 e. The number of hydrogen-bond acceptors (Lipinski definition) is 4. The van der Waals surface area contributed by atoms with Crippen LogP contribution in [0.25, 0.3) is 0 Å². The summed E-state index contributed by atoms with van der Waals surface area (Å²) >= 11 is 0. The van der Waals surface area contributed by atoms with Gasteiger partial charge >= 0.3 is 0 Å². The summed E-state index contributed by atoms with van der Waals surface area (Å²) in [6.45, 7) is 1.55. The van der Waals surface area contributed by atoms with Gasteiger partial charge in [0.1, 0.15) is 12.6 Å². The molecule has 0 fully saturated rings. The van der Waals surface area contributed by atoms with E-state index in [0.717, 1.165) is 0 Å². The van der Waals surface area contributed by atoms with Gasteiger partial charge < -0.3 is 20.6 Å². The lowest BCUT2D eigenvalue weighted by molar-refractivity contribution is -0.125. The van der Waals surface area contributed by atoms with Gasteiger partial charge in [0.2, 0.25) is 5.91 Å². The minimum atomic E-state index is -0.715. The molecule has 3 N–H and O–H groups in total. The van der Waals surface area contributed by atoms with Gasteiger partial charge in [0.05, 0.1) is 12.1 Å². The molecule has 74 valence electrons. The van der Waals surface area contributed by atoms with Crippen LogP contribution in [-0.4, -0.2) is 30.6 Å². The van der Waals surface area contributed by atoms with Gasteiger partial charge in [0.25, 0.3) is 0 Å². The molecule has 0 radical (unpaired) electrons. The highest BCUT2D eigenvalue weighted by atomic mass is 16.2. The van der Waals surface area contributed by atoms with Crippen LogP contribution >= 0.6 is 0 Å². The molecule has 0 rings (SSSR count). The van der Waals surface area contributed by atoms with Crippen LogP contribution in [0.1, 0.15) is 19.8 Å². The molecule has 1 amide bonds. The Kier molecular flexibility index (Phi) is 5.71. The van der Waals surface area contributed by atoms with Crippen molar-refractivity contribution in [3.8, 4) is 0 Å². The zero-order valence-electron chi connectivity index (χ0n) is 7.53. The van der Waals surface area contributed by atoms with Crippen LogP contribution in [-0.2, 0) is 14.4 Å². The van der Waals surface area contributed by atoms with E-state index in [1.165, 1.54) is 0 Å². The van der Waals surface area contributed by atoms with Crippen LogP contribution in [0.2, 0.25) is 0 Å². The summed E-state index contributed by atoms with van der Waals surface area (Å²) in [5.74, 6) is -0.401. The standard InChI is InChI=1S/C8H14N2O3/c1-6(5-12)10-8(13)7(9)3-2-4-11/h4-7H,2-3,9H2,1H3,(H,10,13)/t6-,7?/m0/s1. The van der Waals surface area contributed by atoms with E-state index in [-0.39, 0.29) is 6.42 Å². The maximum absolute atomic E-state index is 11.1. The van der Waals surface area contributed by atoms with E-state index < -0.39 is 18.0 Å². The Morgan fingerprint density at radius 1 is 1.54 bits per heavy atom. The van der Waals surface area contributed by atoms with Gasteiger partial charge in [-0.3, -0.25) is 4.79 Å². The van der Waals surface area contributed by atoms with E-state index in [1.54, 1.807) is 6.92 Å². The number of amides is 1. The van der Waals surface area contributed by atoms with Gasteiger partial charge in [0, 0.05) is 6.42 Å². The number of rotatable bonds is 6. The second-order valence-corrected chi connectivity index (χ2v) is 2.78. The Balaban J connectivity index is 3.81. The Morgan fingerprint density at radius 2 is 2.15 bits per heavy atom. The van der Waals surface area contributed by atoms with Crippen LogP contribution < -0.4 is 11.1 Å². The van der Waals surface area contributed by atoms with Crippen LogP contribution in [0.4, 0.5) is 0 Å². The second-order valence-electron chi connectivity index (χ2n) is 2.78. The summed E-state index contributed by atoms with van der Waals surface area (Å²) in [7, 11) is 0. The molecule has 0 bridgehead atoms. The Labute approximate surface area is 76.7 Å². The van der Waals surface area contributed by atoms with Crippen molar-refractivity contribution in [1.82, 2.24) is 5.32 Å². The highest BCUT2D eigenvalue weighted by molar-refractivity contribution is 5.84. The largest absolute Gasteiger partial charge is 0.346 e. The van der Waals surface area contributed by atoms with Crippen molar-refractivity contribution < 1.29 is 14.4 Å². The van der Waals surface area contributed by atoms with Crippen molar-refractivity contribution in [3.05, 3.63) is 0 Å². The zero-order chi connectivity index (χ0) is 10.3. The van der Waals surface area contributed by atoms with Crippen molar-refractivity contribution in [2.45, 2.75) is 31.8 Å². The molecule has 0 aromatic rings. The molecule has 0 aliphatic heterocycles. The lowest BCUT2D eigenvalue weighted by Gasteiger charge is -2.12. The number of aldehydes is 2. The molecule has 5 heteroatoms. The molecule has 0 aliphatic carbocycles. The topological polar surface area (TPSA) is 89.3 Å². The summed E-state index contributed by atoms with van der Waals surface area (Å²) in [5.41, 5.74) is 5.42. The zero-order valence-corrected chi connectivity index (χ0v) is 7.53. The van der Waals surface area contributed by atoms with Gasteiger partial charge in [0.15, 0.2) is 0 Å². The molecule has 1 unspecified atom stereocenters. The first-order valence-corrected chi connectivity index (χ1v) is 4.06. The number of nitrogens with two attached hydrogens (primary N) is 1. The number of carbonyl (C=O) groups excluding carboxylic acids is 3. The van der Waals surface area contributed by atoms with E-state index >= 15 is 0 Å². The van der Waals surface area contributed by atoms with E-state index in [0.29, 0.717) is 19.0 Å². The summed E-state index contributed by atoms with van der Waals surface area (Å²) in [4.78, 5) is 31.2. The van der Waals surface area contributed by atoms with Crippen molar-refractivity contribution in [3.63, 3.8) is 0 Å². The molecule has 0 aromatic carbocycles. The van der Waals surface area contributed by atoms with Crippen molar-refractivity contribution >= 4 is 18.5 Å². The third-order valence-electron chi connectivity index (χ3n) is 1.51. The smallest absolute Gasteiger partial charge is 0.237 e. The average molecular weight is 186 g/mol. The van der Waals surface area contributed by atoms with Gasteiger partial charge in [-0.15, -0.1) is 0 Å². The molecule has 2 atom stereocenters. The van der Waals surface area contributed by atoms with Crippen LogP contribution in [0, 0.1) is 0 Å². The Morgan fingerprint density at radius 3 is 2.62 bits per heavy atom. The van der Waals surface area contributed by atoms with E-state index in [4.69, 9.17) is 5.73 Å². The average Bonchev–Trinajstić information content (AvgIpc) is 2.13. The first-order chi connectivity index (χ1) is 6.11. The first kappa shape index (κ1) is 11.8. The quantitative estimate of drug-likeness (QED) is 0.520. The predicted octanol–water partition coefficient (Wildman–Crippen LogP) is -1.00. The molecule has 0 aliphatic rings. The van der Waals surface area contributed by atoms with E-state index in [2.05, 4.69) is 5.32 Å². The van der Waals surface area contributed by atoms with Crippen molar-refractivity contribution in [1.29, 1.82) is 0 Å². The molecule has 13 heavy (non-hydrogen) atoms. The molecule has 0 spiro atoms. The fourth-order valence-corrected chi connectivity index (χ4v) is 0.744. The lowest BCUT2D eigenvalue weighted by Crippen LogP contribution is -2.44. The fraction of sp³-hybridized carbons (Fsp3) is 0.625. The number of hydrogen-bond donors (Lipinski definition) is 2. The Bertz CT molecular complexity index is 194. The van der Waals surface area contributed by atoms with Crippen LogP contribution in [0.5, 0.6) is 0 Å². The highest BCUT2D eigenvalue weighted by Gasteiger charge is 2.14. The summed E-state index contributed by atoms with van der Waals surface area (Å²) in [6, 6.07) is -1.25. The van der Waals surface area contributed by atoms with Gasteiger partial charge in [-0.05, 0) is 13.3 Å². The lowest BCUT2D eigenvalue weighted by atomic mass is 10.1. The third kappa shape index (κ3) is 5.08. The molecule has 5 nitrogen and oxygen atoms in total. The normalized spacial score (nSPS) is 14.3. The number of carbonyl (C=O) groups is 3. The predicted molar refractivity (Wildman–Crippen MR) is 46.9 cm³/mol. The fourth-order valence-electron chi connectivity index (χ4n) is 0.744. The van der Waals surface area contributed by atoms with Crippen LogP contribution in [0.3, 0.4) is 0 Å². The summed E-state index contributed by atoms with van der Waals surface area (Å²) in [6.07, 6.45) is 1.88. The molecule has 0 heterocycles. The number of nitrogens with one attached hydrogen (secondary N) is 1. The summed E-state index contributed by atoms with van der Waals surface area (Å²) < 4.78 is 0. The van der Waals surface area contributed by atoms with E-state index in [1.807, 2.05) is 0 Å². The van der Waals surface area contributed by atoms with Crippen LogP contribution in [0.15, 0.2) is 0 Å². The summed E-state index contributed by atoms with van der Waals surface area (Å²) in [5, 5.41) is 2.39. The maximum Gasteiger partial charge on any atom is 0.237 e. The third-order valence-corrected chi connectivity index (χ3v) is 1.51. The molecule has 0 saturated carbocycles. The minimum absolute atomic E-state index is 0.254. The van der Waals surface area contributed by atoms with Crippen molar-refractivity contribution in [2.75, 3.05) is 0 Å². The van der Waals surface area contributed by atoms with Gasteiger partial charge in [-0.2, -0.15) is 0 Å². The van der Waals surface area contributed by atoms with E-state index in [9.17, 15) is 14.4 Å². The molecule has 0 saturated heterocycles.